The Labute approximate surface area is 359 Å². The van der Waals surface area contributed by atoms with Crippen LogP contribution in [0.15, 0.2) is 206 Å². The van der Waals surface area contributed by atoms with Crippen LogP contribution >= 0.6 is 0 Å². The van der Waals surface area contributed by atoms with Gasteiger partial charge in [0.15, 0.2) is 0 Å². The Morgan fingerprint density at radius 2 is 0.433 bits per heavy atom. The first-order chi connectivity index (χ1) is 29.3. The van der Waals surface area contributed by atoms with E-state index < -0.39 is 0 Å². The van der Waals surface area contributed by atoms with Crippen molar-refractivity contribution in [2.75, 3.05) is 0 Å². The minimum atomic E-state index is 0.0898. The van der Waals surface area contributed by atoms with Crippen LogP contribution in [-0.2, 0) is 0 Å². The summed E-state index contributed by atoms with van der Waals surface area (Å²) in [6, 6.07) is 76.7. The zero-order valence-electron chi connectivity index (χ0n) is 36.1. The molecule has 8 aromatic rings. The zero-order chi connectivity index (χ0) is 41.6. The van der Waals surface area contributed by atoms with Gasteiger partial charge in [0, 0.05) is 35.5 Å². The number of hydrogen-bond acceptors (Lipinski definition) is 0. The first-order valence-corrected chi connectivity index (χ1v) is 22.0. The highest BCUT2D eigenvalue weighted by Gasteiger charge is 2.37. The number of hydrogen-bond donors (Lipinski definition) is 0. The fourth-order valence-corrected chi connectivity index (χ4v) is 10.0. The van der Waals surface area contributed by atoms with Crippen LogP contribution in [0.1, 0.15) is 144 Å². The summed E-state index contributed by atoms with van der Waals surface area (Å²) < 4.78 is 0. The van der Waals surface area contributed by atoms with Gasteiger partial charge >= 0.3 is 0 Å². The Bertz CT molecular complexity index is 2480. The van der Waals surface area contributed by atoms with E-state index in [0.717, 1.165) is 0 Å². The molecule has 0 amide bonds. The second-order valence-electron chi connectivity index (χ2n) is 16.8. The van der Waals surface area contributed by atoms with E-state index in [1.165, 1.54) is 77.9 Å². The van der Waals surface area contributed by atoms with E-state index >= 15 is 0 Å². The normalized spacial score (nSPS) is 14.4. The molecule has 0 aromatic heterocycles. The second kappa shape index (κ2) is 18.4. The van der Waals surface area contributed by atoms with Crippen LogP contribution < -0.4 is 0 Å². The highest BCUT2D eigenvalue weighted by atomic mass is 14.4. The molecule has 8 rings (SSSR count). The third kappa shape index (κ3) is 8.04. The average molecular weight is 779 g/mol. The lowest BCUT2D eigenvalue weighted by atomic mass is 9.65. The summed E-state index contributed by atoms with van der Waals surface area (Å²) in [5.41, 5.74) is 19.3. The number of rotatable bonds is 13. The molecular weight excluding hydrogens is 721 g/mol. The van der Waals surface area contributed by atoms with Gasteiger partial charge in [0.05, 0.1) is 0 Å². The summed E-state index contributed by atoms with van der Waals surface area (Å²) >= 11 is 0. The summed E-state index contributed by atoms with van der Waals surface area (Å²) in [6.07, 6.45) is 0. The molecule has 0 nitrogen and oxygen atoms in total. The van der Waals surface area contributed by atoms with Crippen molar-refractivity contribution < 1.29 is 0 Å². The number of benzene rings is 8. The van der Waals surface area contributed by atoms with Crippen molar-refractivity contribution in [3.8, 4) is 11.1 Å². The molecular formula is C60H58. The van der Waals surface area contributed by atoms with Gasteiger partial charge in [0.1, 0.15) is 0 Å². The van der Waals surface area contributed by atoms with E-state index in [0.29, 0.717) is 0 Å². The minimum absolute atomic E-state index is 0.0898. The predicted molar refractivity (Wildman–Crippen MR) is 256 cm³/mol. The standard InChI is InChI=1S/C60H58/c1-41(47-27-13-7-14-28-47)53-39-25-26-40-54(53)60-58(45(5)51-35-21-11-22-36-51)56(43(3)49-31-17-9-18-32-49)55(42(2)48-29-15-8-16-30-48)57(44(4)50-33-19-10-20-34-50)59(60)46(6)52-37-23-12-24-38-52/h7-46H,1-6H3. The lowest BCUT2D eigenvalue weighted by Gasteiger charge is -2.38. The Morgan fingerprint density at radius 1 is 0.217 bits per heavy atom. The molecule has 0 aliphatic carbocycles. The van der Waals surface area contributed by atoms with Crippen LogP contribution in [0, 0.1) is 0 Å². The van der Waals surface area contributed by atoms with E-state index in [4.69, 9.17) is 0 Å². The molecule has 0 heteroatoms. The van der Waals surface area contributed by atoms with Gasteiger partial charge in [-0.25, -0.2) is 0 Å². The molecule has 0 aliphatic rings. The molecule has 0 radical (unpaired) electrons. The molecule has 0 N–H and O–H groups in total. The van der Waals surface area contributed by atoms with Gasteiger partial charge in [-0.3, -0.25) is 0 Å². The summed E-state index contributed by atoms with van der Waals surface area (Å²) in [5, 5.41) is 0. The van der Waals surface area contributed by atoms with Gasteiger partial charge in [-0.1, -0.05) is 248 Å². The van der Waals surface area contributed by atoms with Gasteiger partial charge in [-0.05, 0) is 77.9 Å². The van der Waals surface area contributed by atoms with E-state index in [-0.39, 0.29) is 35.5 Å². The molecule has 0 bridgehead atoms. The fraction of sp³-hybridized carbons (Fsp3) is 0.200. The first-order valence-electron chi connectivity index (χ1n) is 22.0. The van der Waals surface area contributed by atoms with Gasteiger partial charge < -0.3 is 0 Å². The molecule has 6 unspecified atom stereocenters. The summed E-state index contributed by atoms with van der Waals surface area (Å²) in [5.74, 6) is 0.682. The first kappa shape index (κ1) is 40.5. The molecule has 298 valence electrons. The lowest BCUT2D eigenvalue weighted by Crippen LogP contribution is -2.21. The van der Waals surface area contributed by atoms with Crippen molar-refractivity contribution in [3.05, 3.63) is 273 Å². The quantitative estimate of drug-likeness (QED) is 0.109. The van der Waals surface area contributed by atoms with Crippen molar-refractivity contribution in [2.24, 2.45) is 0 Å². The van der Waals surface area contributed by atoms with E-state index in [9.17, 15) is 0 Å². The van der Waals surface area contributed by atoms with Crippen molar-refractivity contribution in [1.82, 2.24) is 0 Å². The molecule has 0 saturated heterocycles. The van der Waals surface area contributed by atoms with Crippen LogP contribution in [0.4, 0.5) is 0 Å². The third-order valence-electron chi connectivity index (χ3n) is 13.4. The van der Waals surface area contributed by atoms with Crippen molar-refractivity contribution in [3.63, 3.8) is 0 Å². The maximum Gasteiger partial charge on any atom is 0.00703 e. The van der Waals surface area contributed by atoms with Gasteiger partial charge in [0.25, 0.3) is 0 Å². The van der Waals surface area contributed by atoms with E-state index in [1.807, 2.05) is 0 Å². The minimum Gasteiger partial charge on any atom is -0.0622 e. The van der Waals surface area contributed by atoms with Crippen LogP contribution in [0.3, 0.4) is 0 Å². The fourth-order valence-electron chi connectivity index (χ4n) is 10.0. The Kier molecular flexibility index (Phi) is 12.4. The molecule has 6 atom stereocenters. The molecule has 8 aromatic carbocycles. The molecule has 60 heavy (non-hydrogen) atoms. The summed E-state index contributed by atoms with van der Waals surface area (Å²) in [7, 11) is 0. The van der Waals surface area contributed by atoms with Crippen LogP contribution in [0.5, 0.6) is 0 Å². The van der Waals surface area contributed by atoms with Crippen LogP contribution in [-0.4, -0.2) is 0 Å². The van der Waals surface area contributed by atoms with Crippen LogP contribution in [0.2, 0.25) is 0 Å². The monoisotopic (exact) mass is 778 g/mol. The van der Waals surface area contributed by atoms with Crippen molar-refractivity contribution in [2.45, 2.75) is 77.0 Å². The summed E-state index contributed by atoms with van der Waals surface area (Å²) in [4.78, 5) is 0. The third-order valence-corrected chi connectivity index (χ3v) is 13.4. The maximum absolute atomic E-state index is 2.47. The van der Waals surface area contributed by atoms with Gasteiger partial charge in [-0.2, -0.15) is 0 Å². The Morgan fingerprint density at radius 3 is 0.733 bits per heavy atom. The topological polar surface area (TPSA) is 0 Å². The molecule has 0 aliphatic heterocycles. The van der Waals surface area contributed by atoms with E-state index in [1.54, 1.807) is 0 Å². The zero-order valence-corrected chi connectivity index (χ0v) is 36.1. The predicted octanol–water partition coefficient (Wildman–Crippen LogP) is 16.3. The maximum atomic E-state index is 2.47. The molecule has 0 saturated carbocycles. The lowest BCUT2D eigenvalue weighted by molar-refractivity contribution is 0.748. The van der Waals surface area contributed by atoms with E-state index in [2.05, 4.69) is 248 Å². The summed E-state index contributed by atoms with van der Waals surface area (Å²) in [6.45, 7) is 14.7. The SMILES string of the molecule is CC(c1ccccc1)c1ccccc1-c1c(C(C)c2ccccc2)c(C(C)c2ccccc2)c(C(C)c2ccccc2)c(C(C)c2ccccc2)c1C(C)c1ccccc1. The molecule has 0 spiro atoms. The Hall–Kier alpha value is -6.24. The highest BCUT2D eigenvalue weighted by molar-refractivity contribution is 5.83. The second-order valence-corrected chi connectivity index (χ2v) is 16.8. The highest BCUT2D eigenvalue weighted by Crippen LogP contribution is 2.54. The smallest absolute Gasteiger partial charge is 0.00703 e. The molecule has 0 heterocycles. The van der Waals surface area contributed by atoms with Gasteiger partial charge in [-0.15, -0.1) is 0 Å². The Balaban J connectivity index is 1.64. The van der Waals surface area contributed by atoms with Crippen LogP contribution in [0.25, 0.3) is 11.1 Å². The van der Waals surface area contributed by atoms with Gasteiger partial charge in [0.2, 0.25) is 0 Å². The average Bonchev–Trinajstić information content (AvgIpc) is 3.33. The van der Waals surface area contributed by atoms with Crippen molar-refractivity contribution >= 4 is 0 Å². The van der Waals surface area contributed by atoms with Crippen molar-refractivity contribution in [1.29, 1.82) is 0 Å². The molecule has 0 fully saturated rings. The largest absolute Gasteiger partial charge is 0.0622 e.